The van der Waals surface area contributed by atoms with Crippen molar-refractivity contribution in [2.45, 2.75) is 57.1 Å². The van der Waals surface area contributed by atoms with Gasteiger partial charge in [0.25, 0.3) is 0 Å². The normalized spacial score (nSPS) is 20.6. The zero-order valence-corrected chi connectivity index (χ0v) is 13.0. The van der Waals surface area contributed by atoms with Crippen molar-refractivity contribution in [3.05, 3.63) is 16.3 Å². The Morgan fingerprint density at radius 1 is 1.42 bits per heavy atom. The van der Waals surface area contributed by atoms with Crippen molar-refractivity contribution >= 4 is 21.4 Å². The Bertz CT molecular complexity index is 524. The van der Waals surface area contributed by atoms with Gasteiger partial charge in [0.2, 0.25) is 10.0 Å². The van der Waals surface area contributed by atoms with Gasteiger partial charge in [0.05, 0.1) is 11.5 Å². The molecule has 0 aromatic carbocycles. The summed E-state index contributed by atoms with van der Waals surface area (Å²) >= 11 is 1.27. The highest BCUT2D eigenvalue weighted by atomic mass is 32.2. The van der Waals surface area contributed by atoms with Gasteiger partial charge >= 0.3 is 0 Å². The summed E-state index contributed by atoms with van der Waals surface area (Å²) in [4.78, 5) is 0.941. The first kappa shape index (κ1) is 15.0. The molecule has 0 radical (unpaired) electrons. The van der Waals surface area contributed by atoms with Crippen LogP contribution >= 0.6 is 11.3 Å². The van der Waals surface area contributed by atoms with E-state index in [-0.39, 0.29) is 17.5 Å². The van der Waals surface area contributed by atoms with Gasteiger partial charge in [-0.3, -0.25) is 0 Å². The molecule has 1 saturated carbocycles. The fraction of sp³-hybridized carbons (Fsp3) is 0.692. The van der Waals surface area contributed by atoms with Crippen molar-refractivity contribution in [3.63, 3.8) is 0 Å². The number of nitrogens with one attached hydrogen (secondary N) is 1. The predicted molar refractivity (Wildman–Crippen MR) is 76.6 cm³/mol. The minimum absolute atomic E-state index is 0.0375. The van der Waals surface area contributed by atoms with Crippen molar-refractivity contribution < 1.29 is 13.5 Å². The molecule has 2 rings (SSSR count). The van der Waals surface area contributed by atoms with Gasteiger partial charge in [0.15, 0.2) is 0 Å². The van der Waals surface area contributed by atoms with Gasteiger partial charge < -0.3 is 5.11 Å². The number of aliphatic hydroxyl groups excluding tert-OH is 1. The van der Waals surface area contributed by atoms with Crippen molar-refractivity contribution in [3.8, 4) is 0 Å². The van der Waals surface area contributed by atoms with Gasteiger partial charge in [-0.05, 0) is 37.2 Å². The molecule has 0 spiro atoms. The second kappa shape index (κ2) is 5.52. The maximum absolute atomic E-state index is 12.2. The summed E-state index contributed by atoms with van der Waals surface area (Å²) in [5, 5.41) is 10.6. The van der Waals surface area contributed by atoms with Gasteiger partial charge in [-0.15, -0.1) is 11.3 Å². The van der Waals surface area contributed by atoms with E-state index >= 15 is 0 Å². The molecule has 1 aromatic heterocycles. The number of rotatable bonds is 4. The van der Waals surface area contributed by atoms with Gasteiger partial charge in [0.1, 0.15) is 0 Å². The van der Waals surface area contributed by atoms with Crippen LogP contribution in [0.4, 0.5) is 0 Å². The molecule has 1 aliphatic rings. The molecule has 4 nitrogen and oxygen atoms in total. The number of hydrogen-bond donors (Lipinski definition) is 2. The lowest BCUT2D eigenvalue weighted by atomic mass is 9.76. The summed E-state index contributed by atoms with van der Waals surface area (Å²) < 4.78 is 27.2. The van der Waals surface area contributed by atoms with Crippen molar-refractivity contribution in [2.24, 2.45) is 5.41 Å². The summed E-state index contributed by atoms with van der Waals surface area (Å²) in [5.74, 6) is 0. The summed E-state index contributed by atoms with van der Waals surface area (Å²) in [6.07, 6.45) is 3.88. The van der Waals surface area contributed by atoms with Gasteiger partial charge in [0, 0.05) is 16.3 Å². The molecule has 1 heterocycles. The topological polar surface area (TPSA) is 66.4 Å². The average molecular weight is 303 g/mol. The van der Waals surface area contributed by atoms with E-state index in [1.807, 2.05) is 0 Å². The lowest BCUT2D eigenvalue weighted by molar-refractivity contribution is 0.218. The summed E-state index contributed by atoms with van der Waals surface area (Å²) in [5.41, 5.74) is 0.328. The third-order valence-corrected chi connectivity index (χ3v) is 6.33. The van der Waals surface area contributed by atoms with Gasteiger partial charge in [-0.25, -0.2) is 13.1 Å². The van der Waals surface area contributed by atoms with E-state index in [0.717, 1.165) is 25.7 Å². The van der Waals surface area contributed by atoms with Crippen LogP contribution in [0.3, 0.4) is 0 Å². The molecule has 2 N–H and O–H groups in total. The Hall–Kier alpha value is -0.430. The Morgan fingerprint density at radius 3 is 2.58 bits per heavy atom. The molecule has 0 atom stereocenters. The zero-order valence-electron chi connectivity index (χ0n) is 11.3. The Morgan fingerprint density at radius 2 is 2.05 bits per heavy atom. The van der Waals surface area contributed by atoms with E-state index in [2.05, 4.69) is 18.6 Å². The van der Waals surface area contributed by atoms with Crippen LogP contribution in [0.15, 0.2) is 16.3 Å². The highest BCUT2D eigenvalue weighted by Crippen LogP contribution is 2.35. The largest absolute Gasteiger partial charge is 0.391 e. The Labute approximate surface area is 118 Å². The minimum Gasteiger partial charge on any atom is -0.391 e. The first-order chi connectivity index (χ1) is 8.82. The van der Waals surface area contributed by atoms with Crippen LogP contribution in [-0.2, 0) is 16.6 Å². The van der Waals surface area contributed by atoms with Gasteiger partial charge in [-0.1, -0.05) is 13.8 Å². The van der Waals surface area contributed by atoms with Crippen molar-refractivity contribution in [2.75, 3.05) is 0 Å². The molecule has 1 aromatic rings. The summed E-state index contributed by atoms with van der Waals surface area (Å²) in [7, 11) is -3.44. The van der Waals surface area contributed by atoms with Crippen LogP contribution in [0, 0.1) is 5.41 Å². The van der Waals surface area contributed by atoms with Crippen molar-refractivity contribution in [1.82, 2.24) is 4.72 Å². The standard InChI is InChI=1S/C13H21NO3S2/c1-13(2)5-3-10(4-6-13)14-19(16,17)12-7-11(8-15)18-9-12/h7,9-10,14-15H,3-6,8H2,1-2H3. The van der Waals surface area contributed by atoms with E-state index in [1.54, 1.807) is 11.4 Å². The monoisotopic (exact) mass is 303 g/mol. The summed E-state index contributed by atoms with van der Waals surface area (Å²) in [6.45, 7) is 4.34. The Balaban J connectivity index is 2.02. The average Bonchev–Trinajstić information content (AvgIpc) is 2.81. The molecule has 1 aliphatic carbocycles. The van der Waals surface area contributed by atoms with E-state index in [4.69, 9.17) is 5.11 Å². The number of aliphatic hydroxyl groups is 1. The molecule has 1 fully saturated rings. The molecule has 6 heteroatoms. The number of hydrogen-bond acceptors (Lipinski definition) is 4. The van der Waals surface area contributed by atoms with Crippen LogP contribution in [0.2, 0.25) is 0 Å². The van der Waals surface area contributed by atoms with Crippen LogP contribution in [0.1, 0.15) is 44.4 Å². The predicted octanol–water partition coefficient (Wildman–Crippen LogP) is 2.49. The molecular formula is C13H21NO3S2. The molecule has 0 bridgehead atoms. The third kappa shape index (κ3) is 3.78. The number of sulfonamides is 1. The van der Waals surface area contributed by atoms with Crippen LogP contribution in [0.25, 0.3) is 0 Å². The first-order valence-corrected chi connectivity index (χ1v) is 8.89. The highest BCUT2D eigenvalue weighted by Gasteiger charge is 2.29. The summed E-state index contributed by atoms with van der Waals surface area (Å²) in [6, 6.07) is 1.58. The smallest absolute Gasteiger partial charge is 0.241 e. The van der Waals surface area contributed by atoms with Crippen LogP contribution in [-0.4, -0.2) is 19.6 Å². The Kier molecular flexibility index (Phi) is 4.35. The number of thiophene rings is 1. The van der Waals surface area contributed by atoms with Crippen LogP contribution in [0.5, 0.6) is 0 Å². The van der Waals surface area contributed by atoms with Crippen molar-refractivity contribution in [1.29, 1.82) is 0 Å². The molecule has 19 heavy (non-hydrogen) atoms. The first-order valence-electron chi connectivity index (χ1n) is 6.53. The second-order valence-electron chi connectivity index (χ2n) is 5.97. The fourth-order valence-corrected chi connectivity index (χ4v) is 4.83. The van der Waals surface area contributed by atoms with Crippen LogP contribution < -0.4 is 4.72 Å². The maximum atomic E-state index is 12.2. The molecule has 108 valence electrons. The van der Waals surface area contributed by atoms with E-state index in [9.17, 15) is 8.42 Å². The van der Waals surface area contributed by atoms with Gasteiger partial charge in [-0.2, -0.15) is 0 Å². The molecule has 0 amide bonds. The van der Waals surface area contributed by atoms with E-state index in [1.165, 1.54) is 11.3 Å². The molecular weight excluding hydrogens is 282 g/mol. The fourth-order valence-electron chi connectivity index (χ4n) is 2.39. The quantitative estimate of drug-likeness (QED) is 0.898. The molecule has 0 unspecified atom stereocenters. The van der Waals surface area contributed by atoms with E-state index in [0.29, 0.717) is 10.3 Å². The SMILES string of the molecule is CC1(C)CCC(NS(=O)(=O)c2csc(CO)c2)CC1. The second-order valence-corrected chi connectivity index (χ2v) is 8.68. The molecule has 0 aliphatic heterocycles. The third-order valence-electron chi connectivity index (χ3n) is 3.76. The maximum Gasteiger partial charge on any atom is 0.241 e. The lowest BCUT2D eigenvalue weighted by Gasteiger charge is -2.34. The van der Waals surface area contributed by atoms with E-state index < -0.39 is 10.0 Å². The zero-order chi connectivity index (χ0) is 14.1. The minimum atomic E-state index is -3.44. The molecule has 0 saturated heterocycles. The highest BCUT2D eigenvalue weighted by molar-refractivity contribution is 7.89. The lowest BCUT2D eigenvalue weighted by Crippen LogP contribution is -2.39.